The molecule has 1 atom stereocenters. The van der Waals surface area contributed by atoms with Crippen LogP contribution < -0.4 is 0 Å². The summed E-state index contributed by atoms with van der Waals surface area (Å²) in [6, 6.07) is 9.23. The van der Waals surface area contributed by atoms with E-state index >= 15 is 0 Å². The van der Waals surface area contributed by atoms with Gasteiger partial charge in [-0.3, -0.25) is 4.79 Å². The molecule has 1 aromatic carbocycles. The van der Waals surface area contributed by atoms with E-state index in [0.717, 1.165) is 12.0 Å². The van der Waals surface area contributed by atoms with Gasteiger partial charge in [-0.2, -0.15) is 0 Å². The van der Waals surface area contributed by atoms with Crippen LogP contribution in [-0.2, 0) is 4.74 Å². The molecule has 0 spiro atoms. The maximum Gasteiger partial charge on any atom is 0.506 e. The Bertz CT molecular complexity index is 384. The molecule has 0 aliphatic carbocycles. The van der Waals surface area contributed by atoms with Crippen LogP contribution in [0.25, 0.3) is 0 Å². The summed E-state index contributed by atoms with van der Waals surface area (Å²) in [5, 5.41) is 8.17. The standard InChI is InChI=1S/C8H8O.C7H14O3/c1-7(9)8-5-3-2-4-6-8;1-5(2)4-6(3)10-7(8)9/h2-6H,1H3;5-6H,4H2,1-3H3,(H,8,9). The maximum absolute atomic E-state index is 10.6. The van der Waals surface area contributed by atoms with Crippen molar-refractivity contribution in [1.82, 2.24) is 0 Å². The number of ketones is 1. The van der Waals surface area contributed by atoms with Crippen molar-refractivity contribution in [1.29, 1.82) is 0 Å². The highest BCUT2D eigenvalue weighted by Crippen LogP contribution is 2.06. The highest BCUT2D eigenvalue weighted by atomic mass is 16.7. The molecule has 0 saturated heterocycles. The van der Waals surface area contributed by atoms with Crippen LogP contribution in [-0.4, -0.2) is 23.1 Å². The number of carbonyl (C=O) groups is 2. The zero-order valence-corrected chi connectivity index (χ0v) is 11.9. The highest BCUT2D eigenvalue weighted by molar-refractivity contribution is 5.93. The van der Waals surface area contributed by atoms with Gasteiger partial charge in [0.05, 0.1) is 0 Å². The van der Waals surface area contributed by atoms with Crippen molar-refractivity contribution in [2.75, 3.05) is 0 Å². The first kappa shape index (κ1) is 17.2. The Morgan fingerprint density at radius 1 is 1.16 bits per heavy atom. The topological polar surface area (TPSA) is 63.6 Å². The molecule has 106 valence electrons. The van der Waals surface area contributed by atoms with Gasteiger partial charge < -0.3 is 9.84 Å². The van der Waals surface area contributed by atoms with Crippen molar-refractivity contribution in [3.05, 3.63) is 35.9 Å². The minimum atomic E-state index is -1.19. The lowest BCUT2D eigenvalue weighted by Gasteiger charge is -2.11. The van der Waals surface area contributed by atoms with Gasteiger partial charge in [-0.15, -0.1) is 0 Å². The van der Waals surface area contributed by atoms with Gasteiger partial charge in [-0.25, -0.2) is 4.79 Å². The van der Waals surface area contributed by atoms with E-state index in [9.17, 15) is 9.59 Å². The number of benzene rings is 1. The van der Waals surface area contributed by atoms with Crippen LogP contribution in [0.1, 0.15) is 44.5 Å². The van der Waals surface area contributed by atoms with E-state index in [2.05, 4.69) is 4.74 Å². The van der Waals surface area contributed by atoms with E-state index < -0.39 is 6.16 Å². The summed E-state index contributed by atoms with van der Waals surface area (Å²) < 4.78 is 4.48. The summed E-state index contributed by atoms with van der Waals surface area (Å²) in [7, 11) is 0. The number of rotatable bonds is 4. The number of hydrogen-bond donors (Lipinski definition) is 1. The first-order valence-corrected chi connectivity index (χ1v) is 6.28. The van der Waals surface area contributed by atoms with Crippen LogP contribution in [0.5, 0.6) is 0 Å². The fraction of sp³-hybridized carbons (Fsp3) is 0.467. The van der Waals surface area contributed by atoms with Crippen molar-refractivity contribution in [2.24, 2.45) is 5.92 Å². The highest BCUT2D eigenvalue weighted by Gasteiger charge is 2.08. The van der Waals surface area contributed by atoms with Gasteiger partial charge in [0.15, 0.2) is 5.78 Å². The van der Waals surface area contributed by atoms with E-state index in [1.165, 1.54) is 0 Å². The molecule has 1 aromatic rings. The Morgan fingerprint density at radius 2 is 1.68 bits per heavy atom. The van der Waals surface area contributed by atoms with Gasteiger partial charge in [0, 0.05) is 5.56 Å². The van der Waals surface area contributed by atoms with Crippen molar-refractivity contribution in [3.8, 4) is 0 Å². The molecular formula is C15H22O4. The smallest absolute Gasteiger partial charge is 0.450 e. The van der Waals surface area contributed by atoms with Crippen molar-refractivity contribution in [3.63, 3.8) is 0 Å². The molecule has 19 heavy (non-hydrogen) atoms. The molecule has 0 fully saturated rings. The van der Waals surface area contributed by atoms with E-state index in [1.807, 2.05) is 44.2 Å². The van der Waals surface area contributed by atoms with Crippen LogP contribution in [0.2, 0.25) is 0 Å². The number of carboxylic acid groups (broad SMARTS) is 1. The minimum absolute atomic E-state index is 0.121. The Morgan fingerprint density at radius 3 is 2.00 bits per heavy atom. The third-order valence-electron chi connectivity index (χ3n) is 2.29. The monoisotopic (exact) mass is 266 g/mol. The maximum atomic E-state index is 10.6. The minimum Gasteiger partial charge on any atom is -0.450 e. The number of Topliss-reactive ketones (excluding diaryl/α,β-unsaturated/α-hetero) is 1. The Kier molecular flexibility index (Phi) is 8.25. The van der Waals surface area contributed by atoms with Gasteiger partial charge >= 0.3 is 6.16 Å². The predicted molar refractivity (Wildman–Crippen MR) is 74.5 cm³/mol. The molecule has 0 aliphatic rings. The van der Waals surface area contributed by atoms with Crippen molar-refractivity contribution in [2.45, 2.75) is 40.2 Å². The molecule has 0 amide bonds. The molecule has 0 heterocycles. The Balaban J connectivity index is 0.000000342. The summed E-state index contributed by atoms with van der Waals surface area (Å²) in [6.07, 6.45) is -0.586. The lowest BCUT2D eigenvalue weighted by Crippen LogP contribution is -2.14. The van der Waals surface area contributed by atoms with Gasteiger partial charge in [-0.05, 0) is 26.2 Å². The van der Waals surface area contributed by atoms with Crippen molar-refractivity contribution < 1.29 is 19.4 Å². The van der Waals surface area contributed by atoms with Gasteiger partial charge in [0.2, 0.25) is 0 Å². The molecule has 0 bridgehead atoms. The zero-order valence-electron chi connectivity index (χ0n) is 11.9. The number of hydrogen-bond acceptors (Lipinski definition) is 3. The number of carbonyl (C=O) groups excluding carboxylic acids is 1. The SMILES string of the molecule is CC(=O)c1ccccc1.CC(C)CC(C)OC(=O)O. The lowest BCUT2D eigenvalue weighted by atomic mass is 10.1. The molecule has 0 radical (unpaired) electrons. The van der Waals surface area contributed by atoms with Gasteiger partial charge in [-0.1, -0.05) is 44.2 Å². The number of ether oxygens (including phenoxy) is 1. The van der Waals surface area contributed by atoms with Crippen LogP contribution >= 0.6 is 0 Å². The van der Waals surface area contributed by atoms with Crippen molar-refractivity contribution >= 4 is 11.9 Å². The van der Waals surface area contributed by atoms with Gasteiger partial charge in [0.1, 0.15) is 6.10 Å². The normalized spacial score (nSPS) is 11.2. The average Bonchev–Trinajstić information content (AvgIpc) is 2.28. The fourth-order valence-electron chi connectivity index (χ4n) is 1.56. The zero-order chi connectivity index (χ0) is 14.8. The van der Waals surface area contributed by atoms with E-state index in [1.54, 1.807) is 13.8 Å². The van der Waals surface area contributed by atoms with E-state index in [-0.39, 0.29) is 11.9 Å². The summed E-state index contributed by atoms with van der Waals surface area (Å²) in [5.74, 6) is 0.602. The molecule has 4 nitrogen and oxygen atoms in total. The van der Waals surface area contributed by atoms with Crippen LogP contribution in [0.15, 0.2) is 30.3 Å². The first-order chi connectivity index (χ1) is 8.82. The average molecular weight is 266 g/mol. The first-order valence-electron chi connectivity index (χ1n) is 6.28. The molecule has 0 aromatic heterocycles. The quantitative estimate of drug-likeness (QED) is 0.660. The Labute approximate surface area is 114 Å². The molecule has 1 N–H and O–H groups in total. The second kappa shape index (κ2) is 9.14. The fourth-order valence-corrected chi connectivity index (χ4v) is 1.56. The van der Waals surface area contributed by atoms with Gasteiger partial charge in [0.25, 0.3) is 0 Å². The summed E-state index contributed by atoms with van der Waals surface area (Å²) in [6.45, 7) is 7.38. The Hall–Kier alpha value is -1.84. The third-order valence-corrected chi connectivity index (χ3v) is 2.29. The molecular weight excluding hydrogens is 244 g/mol. The van der Waals surface area contributed by atoms with Crippen LogP contribution in [0.4, 0.5) is 4.79 Å². The van der Waals surface area contributed by atoms with Crippen LogP contribution in [0.3, 0.4) is 0 Å². The molecule has 1 rings (SSSR count). The summed E-state index contributed by atoms with van der Waals surface area (Å²) in [5.41, 5.74) is 0.775. The summed E-state index contributed by atoms with van der Waals surface area (Å²) >= 11 is 0. The van der Waals surface area contributed by atoms with Crippen LogP contribution in [0, 0.1) is 5.92 Å². The summed E-state index contributed by atoms with van der Waals surface area (Å²) in [4.78, 5) is 20.6. The lowest BCUT2D eigenvalue weighted by molar-refractivity contribution is 0.0510. The second-order valence-corrected chi connectivity index (χ2v) is 4.75. The third kappa shape index (κ3) is 9.83. The molecule has 4 heteroatoms. The second-order valence-electron chi connectivity index (χ2n) is 4.75. The molecule has 0 saturated carbocycles. The molecule has 1 unspecified atom stereocenters. The largest absolute Gasteiger partial charge is 0.506 e. The predicted octanol–water partition coefficient (Wildman–Crippen LogP) is 4.00. The molecule has 0 aliphatic heterocycles. The van der Waals surface area contributed by atoms with E-state index in [4.69, 9.17) is 5.11 Å². The van der Waals surface area contributed by atoms with E-state index in [0.29, 0.717) is 5.92 Å².